The maximum Gasteiger partial charge on any atom is 0.251 e. The fourth-order valence-electron chi connectivity index (χ4n) is 3.73. The van der Waals surface area contributed by atoms with Crippen molar-refractivity contribution >= 4 is 35.2 Å². The number of nitrogens with zero attached hydrogens (tertiary/aromatic N) is 1. The Hall–Kier alpha value is -3.79. The zero-order valence-corrected chi connectivity index (χ0v) is 19.3. The van der Waals surface area contributed by atoms with Gasteiger partial charge in [0.15, 0.2) is 0 Å². The van der Waals surface area contributed by atoms with Crippen LogP contribution >= 0.6 is 11.8 Å². The predicted molar refractivity (Wildman–Crippen MR) is 125 cm³/mol. The predicted octanol–water partition coefficient (Wildman–Crippen LogP) is 4.16. The smallest absolute Gasteiger partial charge is 0.251 e. The van der Waals surface area contributed by atoms with Gasteiger partial charge in [-0.05, 0) is 42.8 Å². The summed E-state index contributed by atoms with van der Waals surface area (Å²) in [6.45, 7) is 1.44. The van der Waals surface area contributed by atoms with Crippen molar-refractivity contribution in [2.75, 3.05) is 4.90 Å². The lowest BCUT2D eigenvalue weighted by Crippen LogP contribution is -2.39. The summed E-state index contributed by atoms with van der Waals surface area (Å²) < 4.78 is 40.9. The highest BCUT2D eigenvalue weighted by Crippen LogP contribution is 2.40. The molecule has 1 atom stereocenters. The summed E-state index contributed by atoms with van der Waals surface area (Å²) in [5.74, 6) is -4.65. The number of hydrogen-bond acceptors (Lipinski definition) is 4. The van der Waals surface area contributed by atoms with Gasteiger partial charge in [-0.1, -0.05) is 12.1 Å². The molecule has 0 radical (unpaired) electrons. The van der Waals surface area contributed by atoms with Crippen molar-refractivity contribution in [3.05, 3.63) is 94.3 Å². The Bertz CT molecular complexity index is 1330. The molecule has 3 aromatic carbocycles. The second kappa shape index (κ2) is 9.83. The fraction of sp³-hybridized carbons (Fsp3) is 0.160. The quantitative estimate of drug-likeness (QED) is 0.533. The first-order valence-electron chi connectivity index (χ1n) is 10.6. The van der Waals surface area contributed by atoms with Gasteiger partial charge in [0.2, 0.25) is 11.8 Å². The molecule has 1 heterocycles. The van der Waals surface area contributed by atoms with Crippen molar-refractivity contribution in [1.29, 1.82) is 0 Å². The number of anilines is 1. The van der Waals surface area contributed by atoms with Gasteiger partial charge in [-0.15, -0.1) is 11.8 Å². The van der Waals surface area contributed by atoms with E-state index in [0.29, 0.717) is 28.9 Å². The average Bonchev–Trinajstić information content (AvgIpc) is 2.81. The zero-order valence-electron chi connectivity index (χ0n) is 18.5. The Kier molecular flexibility index (Phi) is 6.83. The Balaban J connectivity index is 1.59. The Labute approximate surface area is 203 Å². The van der Waals surface area contributed by atoms with Gasteiger partial charge in [0.25, 0.3) is 5.91 Å². The normalized spacial score (nSPS) is 15.0. The number of carbonyl (C=O) groups excluding carboxylic acids is 3. The highest BCUT2D eigenvalue weighted by molar-refractivity contribution is 8.01. The van der Waals surface area contributed by atoms with Gasteiger partial charge in [-0.25, -0.2) is 13.2 Å². The summed E-state index contributed by atoms with van der Waals surface area (Å²) in [6, 6.07) is 12.5. The molecular formula is C25H20F3N3O3S. The lowest BCUT2D eigenvalue weighted by molar-refractivity contribution is -0.118. The number of carbonyl (C=O) groups is 3. The minimum absolute atomic E-state index is 0.148. The van der Waals surface area contributed by atoms with E-state index in [1.807, 2.05) is 0 Å². The van der Waals surface area contributed by atoms with E-state index < -0.39 is 41.4 Å². The van der Waals surface area contributed by atoms with Crippen LogP contribution in [0.4, 0.5) is 18.9 Å². The number of hydrogen-bond donors (Lipinski definition) is 2. The van der Waals surface area contributed by atoms with Crippen LogP contribution in [-0.4, -0.2) is 23.0 Å². The van der Waals surface area contributed by atoms with E-state index in [9.17, 15) is 27.6 Å². The number of fused-ring (bicyclic) bond motifs is 1. The largest absolute Gasteiger partial charge is 0.366 e. The van der Waals surface area contributed by atoms with Crippen molar-refractivity contribution in [2.45, 2.75) is 30.2 Å². The molecule has 0 spiro atoms. The maximum absolute atomic E-state index is 13.9. The average molecular weight is 500 g/mol. The summed E-state index contributed by atoms with van der Waals surface area (Å²) in [5, 5.41) is 2.06. The summed E-state index contributed by atoms with van der Waals surface area (Å²) in [5.41, 5.74) is 6.55. The topological polar surface area (TPSA) is 92.5 Å². The first-order chi connectivity index (χ1) is 16.6. The third-order valence-electron chi connectivity index (χ3n) is 5.51. The molecule has 35 heavy (non-hydrogen) atoms. The van der Waals surface area contributed by atoms with E-state index in [4.69, 9.17) is 5.73 Å². The van der Waals surface area contributed by atoms with Crippen LogP contribution in [0.2, 0.25) is 0 Å². The van der Waals surface area contributed by atoms with Gasteiger partial charge in [-0.2, -0.15) is 0 Å². The number of nitrogens with two attached hydrogens (primary N) is 1. The molecule has 6 nitrogen and oxygen atoms in total. The van der Waals surface area contributed by atoms with Crippen LogP contribution in [0.3, 0.4) is 0 Å². The monoisotopic (exact) mass is 499 g/mol. The van der Waals surface area contributed by atoms with E-state index in [1.165, 1.54) is 22.7 Å². The van der Waals surface area contributed by atoms with Crippen molar-refractivity contribution in [2.24, 2.45) is 5.73 Å². The molecule has 3 aromatic rings. The van der Waals surface area contributed by atoms with E-state index in [1.54, 1.807) is 43.3 Å². The lowest BCUT2D eigenvalue weighted by Gasteiger charge is -2.33. The van der Waals surface area contributed by atoms with E-state index in [-0.39, 0.29) is 23.3 Å². The maximum atomic E-state index is 13.9. The van der Waals surface area contributed by atoms with Gasteiger partial charge >= 0.3 is 0 Å². The highest BCUT2D eigenvalue weighted by Gasteiger charge is 2.31. The molecule has 1 aliphatic rings. The van der Waals surface area contributed by atoms with Crippen molar-refractivity contribution in [1.82, 2.24) is 5.32 Å². The molecule has 0 bridgehead atoms. The molecule has 4 rings (SSSR count). The van der Waals surface area contributed by atoms with Gasteiger partial charge in [-0.3, -0.25) is 14.4 Å². The highest BCUT2D eigenvalue weighted by atomic mass is 32.2. The van der Waals surface area contributed by atoms with E-state index in [2.05, 4.69) is 5.32 Å². The minimum atomic E-state index is -1.10. The molecular weight excluding hydrogens is 479 g/mol. The molecule has 1 unspecified atom stereocenters. The summed E-state index contributed by atoms with van der Waals surface area (Å²) in [7, 11) is 0. The van der Waals surface area contributed by atoms with Crippen LogP contribution in [0.5, 0.6) is 0 Å². The first kappa shape index (κ1) is 24.3. The van der Waals surface area contributed by atoms with E-state index in [0.717, 1.165) is 4.90 Å². The molecule has 3 N–H and O–H groups in total. The Morgan fingerprint density at radius 3 is 2.43 bits per heavy atom. The lowest BCUT2D eigenvalue weighted by atomic mass is 10.1. The number of primary amides is 1. The van der Waals surface area contributed by atoms with Crippen LogP contribution in [0, 0.1) is 17.5 Å². The van der Waals surface area contributed by atoms with E-state index >= 15 is 0 Å². The number of halogens is 3. The molecule has 0 aromatic heterocycles. The number of thioether (sulfide) groups is 1. The zero-order chi connectivity index (χ0) is 25.3. The van der Waals surface area contributed by atoms with Crippen LogP contribution in [-0.2, 0) is 17.9 Å². The molecule has 0 saturated carbocycles. The van der Waals surface area contributed by atoms with Crippen molar-refractivity contribution in [3.8, 4) is 0 Å². The minimum Gasteiger partial charge on any atom is -0.366 e. The summed E-state index contributed by atoms with van der Waals surface area (Å²) in [4.78, 5) is 39.6. The van der Waals surface area contributed by atoms with Crippen LogP contribution in [0.25, 0.3) is 0 Å². The van der Waals surface area contributed by atoms with Gasteiger partial charge in [0, 0.05) is 40.3 Å². The third-order valence-corrected chi connectivity index (χ3v) is 6.67. The van der Waals surface area contributed by atoms with Gasteiger partial charge in [0.1, 0.15) is 17.5 Å². The number of nitrogens with one attached hydrogen (secondary N) is 1. The number of rotatable bonds is 6. The molecule has 0 fully saturated rings. The SMILES string of the molecule is CC1Sc2ccc(C(=O)NCc3c(F)cc(F)cc3F)cc2N(Cc2cccc(C(N)=O)c2)C1=O. The van der Waals surface area contributed by atoms with Gasteiger partial charge in [0.05, 0.1) is 17.5 Å². The second-order valence-corrected chi connectivity index (χ2v) is 9.34. The Morgan fingerprint density at radius 1 is 1.03 bits per heavy atom. The molecule has 0 aliphatic carbocycles. The molecule has 3 amide bonds. The molecule has 0 saturated heterocycles. The summed E-state index contributed by atoms with van der Waals surface area (Å²) in [6.07, 6.45) is 0. The standard InChI is InChI=1S/C25H20F3N3O3S/c1-13-25(34)31(12-14-3-2-4-15(7-14)23(29)32)21-8-16(5-6-22(21)35-13)24(33)30-11-18-19(27)9-17(26)10-20(18)28/h2-10,13H,11-12H2,1H3,(H2,29,32)(H,30,33). The molecule has 180 valence electrons. The number of benzene rings is 3. The Morgan fingerprint density at radius 2 is 1.74 bits per heavy atom. The fourth-order valence-corrected chi connectivity index (χ4v) is 4.77. The molecule has 1 aliphatic heterocycles. The van der Waals surface area contributed by atoms with Crippen molar-refractivity contribution < 1.29 is 27.6 Å². The van der Waals surface area contributed by atoms with Crippen molar-refractivity contribution in [3.63, 3.8) is 0 Å². The third kappa shape index (κ3) is 5.17. The van der Waals surface area contributed by atoms with Crippen LogP contribution in [0.15, 0.2) is 59.5 Å². The van der Waals surface area contributed by atoms with Crippen LogP contribution in [0.1, 0.15) is 38.8 Å². The van der Waals surface area contributed by atoms with Gasteiger partial charge < -0.3 is 16.0 Å². The second-order valence-electron chi connectivity index (χ2n) is 7.96. The molecule has 10 heteroatoms. The summed E-state index contributed by atoms with van der Waals surface area (Å²) >= 11 is 1.35. The first-order valence-corrected chi connectivity index (χ1v) is 11.4. The number of amides is 3. The van der Waals surface area contributed by atoms with Crippen LogP contribution < -0.4 is 16.0 Å².